The van der Waals surface area contributed by atoms with Crippen LogP contribution in [0.4, 0.5) is 0 Å². The van der Waals surface area contributed by atoms with Crippen molar-refractivity contribution in [1.82, 2.24) is 0 Å². The maximum atomic E-state index is 10.6. The molecule has 2 atom stereocenters. The molecule has 4 heteroatoms. The Hall–Kier alpha value is -0.610. The molecule has 4 aliphatic carbocycles. The highest BCUT2D eigenvalue weighted by molar-refractivity contribution is 5.78. The van der Waals surface area contributed by atoms with Gasteiger partial charge in [-0.3, -0.25) is 5.41 Å². The van der Waals surface area contributed by atoms with Gasteiger partial charge in [0.05, 0.1) is 11.2 Å². The summed E-state index contributed by atoms with van der Waals surface area (Å²) >= 11 is 0. The van der Waals surface area contributed by atoms with Crippen molar-refractivity contribution in [3.05, 3.63) is 0 Å². The molecule has 4 rings (SSSR count). The molecular weight excluding hydrogens is 242 g/mol. The molecular formula is C15H25NO3. The van der Waals surface area contributed by atoms with Crippen molar-refractivity contribution in [1.29, 1.82) is 5.41 Å². The van der Waals surface area contributed by atoms with Crippen molar-refractivity contribution in [2.75, 3.05) is 0 Å². The van der Waals surface area contributed by atoms with E-state index in [4.69, 9.17) is 10.1 Å². The summed E-state index contributed by atoms with van der Waals surface area (Å²) in [7, 11) is 0. The normalized spacial score (nSPS) is 48.4. The molecule has 2 unspecified atom stereocenters. The molecule has 4 saturated carbocycles. The summed E-state index contributed by atoms with van der Waals surface area (Å²) in [5.41, 5.74) is -2.42. The molecule has 0 heterocycles. The van der Waals surface area contributed by atoms with Crippen molar-refractivity contribution >= 4 is 5.90 Å². The maximum absolute atomic E-state index is 10.6. The van der Waals surface area contributed by atoms with E-state index in [-0.39, 0.29) is 11.3 Å². The highest BCUT2D eigenvalue weighted by atomic mass is 16.5. The molecule has 0 amide bonds. The van der Waals surface area contributed by atoms with Gasteiger partial charge in [-0.2, -0.15) is 0 Å². The van der Waals surface area contributed by atoms with E-state index in [0.717, 1.165) is 19.3 Å². The molecule has 19 heavy (non-hydrogen) atoms. The molecule has 0 spiro atoms. The van der Waals surface area contributed by atoms with Gasteiger partial charge in [0.1, 0.15) is 5.60 Å². The summed E-state index contributed by atoms with van der Waals surface area (Å²) < 4.78 is 6.01. The van der Waals surface area contributed by atoms with Crippen LogP contribution in [0.1, 0.15) is 59.3 Å². The monoisotopic (exact) mass is 267 g/mol. The van der Waals surface area contributed by atoms with Crippen LogP contribution >= 0.6 is 0 Å². The minimum atomic E-state index is -0.785. The summed E-state index contributed by atoms with van der Waals surface area (Å²) in [6.07, 6.45) is 4.04. The predicted octanol–water partition coefficient (Wildman–Crippen LogP) is 2.22. The molecule has 0 aromatic rings. The topological polar surface area (TPSA) is 73.5 Å². The van der Waals surface area contributed by atoms with Crippen LogP contribution in [0.3, 0.4) is 0 Å². The fourth-order valence-electron chi connectivity index (χ4n) is 4.73. The molecule has 0 aromatic heterocycles. The average Bonchev–Trinajstić information content (AvgIpc) is 2.07. The Labute approximate surface area is 114 Å². The van der Waals surface area contributed by atoms with Gasteiger partial charge in [-0.1, -0.05) is 20.8 Å². The lowest BCUT2D eigenvalue weighted by atomic mass is 9.50. The smallest absolute Gasteiger partial charge is 0.186 e. The van der Waals surface area contributed by atoms with E-state index in [9.17, 15) is 10.2 Å². The lowest BCUT2D eigenvalue weighted by molar-refractivity contribution is -0.250. The van der Waals surface area contributed by atoms with Crippen LogP contribution in [-0.4, -0.2) is 32.9 Å². The van der Waals surface area contributed by atoms with Crippen LogP contribution in [0.15, 0.2) is 0 Å². The third kappa shape index (κ3) is 2.19. The number of ether oxygens (including phenoxy) is 1. The van der Waals surface area contributed by atoms with Gasteiger partial charge in [0.15, 0.2) is 5.90 Å². The third-order valence-corrected chi connectivity index (χ3v) is 4.96. The summed E-state index contributed by atoms with van der Waals surface area (Å²) in [6, 6.07) is 0. The zero-order valence-electron chi connectivity index (χ0n) is 12.1. The van der Waals surface area contributed by atoms with Gasteiger partial charge in [-0.25, -0.2) is 0 Å². The first kappa shape index (κ1) is 13.4. The Kier molecular flexibility index (Phi) is 2.48. The average molecular weight is 267 g/mol. The predicted molar refractivity (Wildman–Crippen MR) is 72.1 cm³/mol. The van der Waals surface area contributed by atoms with E-state index in [1.54, 1.807) is 0 Å². The summed E-state index contributed by atoms with van der Waals surface area (Å²) in [6.45, 7) is 5.87. The SMILES string of the molecule is CC(C)(C)C(=N)OC12CC3CC(O)(CC(O)(C3)C1)C2. The second-order valence-corrected chi connectivity index (χ2v) is 8.32. The number of hydrogen-bond acceptors (Lipinski definition) is 4. The lowest BCUT2D eigenvalue weighted by Crippen LogP contribution is -2.67. The van der Waals surface area contributed by atoms with E-state index in [2.05, 4.69) is 0 Å². The van der Waals surface area contributed by atoms with Crippen LogP contribution in [0.5, 0.6) is 0 Å². The van der Waals surface area contributed by atoms with E-state index in [0.29, 0.717) is 25.2 Å². The van der Waals surface area contributed by atoms with E-state index < -0.39 is 16.8 Å². The van der Waals surface area contributed by atoms with Crippen LogP contribution in [0.25, 0.3) is 0 Å². The van der Waals surface area contributed by atoms with Crippen LogP contribution in [-0.2, 0) is 4.74 Å². The molecule has 108 valence electrons. The van der Waals surface area contributed by atoms with Gasteiger partial charge < -0.3 is 14.9 Å². The minimum absolute atomic E-state index is 0.265. The maximum Gasteiger partial charge on any atom is 0.186 e. The number of nitrogens with one attached hydrogen (secondary N) is 1. The molecule has 4 fully saturated rings. The van der Waals surface area contributed by atoms with Gasteiger partial charge in [-0.15, -0.1) is 0 Å². The molecule has 4 nitrogen and oxygen atoms in total. The molecule has 0 saturated heterocycles. The van der Waals surface area contributed by atoms with Gasteiger partial charge in [0, 0.05) is 24.7 Å². The highest BCUT2D eigenvalue weighted by Crippen LogP contribution is 2.60. The zero-order chi connectivity index (χ0) is 14.1. The van der Waals surface area contributed by atoms with Gasteiger partial charge in [0.2, 0.25) is 0 Å². The Bertz CT molecular complexity index is 408. The van der Waals surface area contributed by atoms with E-state index in [1.165, 1.54) is 0 Å². The Balaban J connectivity index is 1.87. The first-order chi connectivity index (χ1) is 8.53. The molecule has 4 aliphatic rings. The van der Waals surface area contributed by atoms with Gasteiger partial charge in [-0.05, 0) is 25.2 Å². The number of hydrogen-bond donors (Lipinski definition) is 3. The van der Waals surface area contributed by atoms with Crippen molar-refractivity contribution in [3.8, 4) is 0 Å². The second kappa shape index (κ2) is 3.53. The van der Waals surface area contributed by atoms with Crippen molar-refractivity contribution < 1.29 is 14.9 Å². The van der Waals surface area contributed by atoms with Gasteiger partial charge >= 0.3 is 0 Å². The van der Waals surface area contributed by atoms with Crippen molar-refractivity contribution in [3.63, 3.8) is 0 Å². The molecule has 0 aromatic carbocycles. The second-order valence-electron chi connectivity index (χ2n) is 8.32. The van der Waals surface area contributed by atoms with E-state index >= 15 is 0 Å². The zero-order valence-corrected chi connectivity index (χ0v) is 12.1. The lowest BCUT2D eigenvalue weighted by Gasteiger charge is -2.62. The standard InChI is InChI=1S/C15H25NO3/c1-12(2,3)11(16)19-15-6-10-4-13(17,8-15)7-14(18,5-10)9-15/h10,16-18H,4-9H2,1-3H3. The van der Waals surface area contributed by atoms with Gasteiger partial charge in [0.25, 0.3) is 0 Å². The summed E-state index contributed by atoms with van der Waals surface area (Å²) in [5.74, 6) is 0.598. The van der Waals surface area contributed by atoms with Crippen LogP contribution < -0.4 is 0 Å². The number of rotatable bonds is 1. The summed E-state index contributed by atoms with van der Waals surface area (Å²) in [4.78, 5) is 0. The third-order valence-electron chi connectivity index (χ3n) is 4.96. The quantitative estimate of drug-likeness (QED) is 0.504. The summed E-state index contributed by atoms with van der Waals surface area (Å²) in [5, 5.41) is 29.4. The van der Waals surface area contributed by atoms with Crippen LogP contribution in [0, 0.1) is 16.7 Å². The van der Waals surface area contributed by atoms with Crippen molar-refractivity contribution in [2.45, 2.75) is 76.1 Å². The first-order valence-electron chi connectivity index (χ1n) is 7.26. The molecule has 4 bridgehead atoms. The molecule has 0 aliphatic heterocycles. The largest absolute Gasteiger partial charge is 0.474 e. The Morgan fingerprint density at radius 3 is 2.00 bits per heavy atom. The van der Waals surface area contributed by atoms with Crippen LogP contribution in [0.2, 0.25) is 0 Å². The number of aliphatic hydroxyl groups is 2. The molecule has 3 N–H and O–H groups in total. The molecule has 0 radical (unpaired) electrons. The fraction of sp³-hybridized carbons (Fsp3) is 0.933. The Morgan fingerprint density at radius 1 is 1.05 bits per heavy atom. The first-order valence-corrected chi connectivity index (χ1v) is 7.26. The fourth-order valence-corrected chi connectivity index (χ4v) is 4.73. The Morgan fingerprint density at radius 2 is 1.58 bits per heavy atom. The minimum Gasteiger partial charge on any atom is -0.474 e. The highest BCUT2D eigenvalue weighted by Gasteiger charge is 2.64. The van der Waals surface area contributed by atoms with E-state index in [1.807, 2.05) is 20.8 Å². The van der Waals surface area contributed by atoms with Crippen molar-refractivity contribution in [2.24, 2.45) is 11.3 Å².